The van der Waals surface area contributed by atoms with Gasteiger partial charge in [-0.3, -0.25) is 13.9 Å². The Morgan fingerprint density at radius 2 is 1.72 bits per heavy atom. The van der Waals surface area contributed by atoms with E-state index in [0.29, 0.717) is 28.1 Å². The van der Waals surface area contributed by atoms with Gasteiger partial charge in [-0.25, -0.2) is 8.42 Å². The molecule has 0 aliphatic rings. The van der Waals surface area contributed by atoms with E-state index in [2.05, 4.69) is 5.32 Å². The van der Waals surface area contributed by atoms with Gasteiger partial charge >= 0.3 is 0 Å². The zero-order chi connectivity index (χ0) is 18.8. The Bertz CT molecular complexity index is 936. The molecule has 25 heavy (non-hydrogen) atoms. The maximum atomic E-state index is 12.4. The third-order valence-corrected chi connectivity index (χ3v) is 5.01. The van der Waals surface area contributed by atoms with Crippen molar-refractivity contribution < 1.29 is 18.0 Å². The van der Waals surface area contributed by atoms with E-state index in [4.69, 9.17) is 0 Å². The van der Waals surface area contributed by atoms with Crippen LogP contribution in [0.5, 0.6) is 0 Å². The normalized spacial score (nSPS) is 11.0. The van der Waals surface area contributed by atoms with Gasteiger partial charge in [-0.2, -0.15) is 0 Å². The number of nitrogens with zero attached hydrogens (tertiary/aromatic N) is 1. The van der Waals surface area contributed by atoms with Crippen LogP contribution in [0.3, 0.4) is 0 Å². The van der Waals surface area contributed by atoms with Crippen LogP contribution in [0, 0.1) is 6.92 Å². The highest BCUT2D eigenvalue weighted by atomic mass is 32.2. The second kappa shape index (κ2) is 7.06. The largest absolute Gasteiger partial charge is 0.322 e. The van der Waals surface area contributed by atoms with E-state index in [9.17, 15) is 18.0 Å². The van der Waals surface area contributed by atoms with E-state index in [1.165, 1.54) is 18.3 Å². The lowest BCUT2D eigenvalue weighted by Gasteiger charge is -2.19. The molecule has 1 N–H and O–H groups in total. The summed E-state index contributed by atoms with van der Waals surface area (Å²) in [6.45, 7) is 3.20. The van der Waals surface area contributed by atoms with Gasteiger partial charge in [-0.05, 0) is 49.7 Å². The molecule has 0 atom stereocenters. The number of hydrogen-bond donors (Lipinski definition) is 1. The minimum Gasteiger partial charge on any atom is -0.322 e. The quantitative estimate of drug-likeness (QED) is 0.831. The predicted molar refractivity (Wildman–Crippen MR) is 98.8 cm³/mol. The monoisotopic (exact) mass is 360 g/mol. The topological polar surface area (TPSA) is 83.6 Å². The van der Waals surface area contributed by atoms with E-state index in [1.807, 2.05) is 0 Å². The van der Waals surface area contributed by atoms with E-state index >= 15 is 0 Å². The van der Waals surface area contributed by atoms with Crippen LogP contribution < -0.4 is 9.62 Å². The summed E-state index contributed by atoms with van der Waals surface area (Å²) >= 11 is 0. The van der Waals surface area contributed by atoms with Gasteiger partial charge < -0.3 is 5.32 Å². The van der Waals surface area contributed by atoms with Crippen molar-refractivity contribution in [2.75, 3.05) is 22.9 Å². The molecular weight excluding hydrogens is 340 g/mol. The molecule has 0 aliphatic heterocycles. The highest BCUT2D eigenvalue weighted by molar-refractivity contribution is 7.92. The summed E-state index contributed by atoms with van der Waals surface area (Å²) in [7, 11) is -1.91. The number of Topliss-reactive ketones (excluding diaryl/α,β-unsaturated/α-hetero) is 1. The number of sulfonamides is 1. The van der Waals surface area contributed by atoms with Crippen molar-refractivity contribution in [3.63, 3.8) is 0 Å². The number of rotatable bonds is 5. The first-order valence-electron chi connectivity index (χ1n) is 7.56. The van der Waals surface area contributed by atoms with Gasteiger partial charge in [-0.15, -0.1) is 0 Å². The van der Waals surface area contributed by atoms with Crippen molar-refractivity contribution in [2.45, 2.75) is 13.8 Å². The third kappa shape index (κ3) is 4.45. The number of carbonyl (C=O) groups excluding carboxylic acids is 2. The fraction of sp³-hybridized carbons (Fsp3) is 0.222. The molecule has 0 radical (unpaired) electrons. The Morgan fingerprint density at radius 3 is 2.28 bits per heavy atom. The fourth-order valence-electron chi connectivity index (χ4n) is 2.35. The van der Waals surface area contributed by atoms with E-state index in [1.54, 1.807) is 49.4 Å². The number of nitrogens with one attached hydrogen (secondary N) is 1. The summed E-state index contributed by atoms with van der Waals surface area (Å²) in [5.74, 6) is -0.419. The molecule has 0 saturated carbocycles. The molecule has 2 aromatic carbocycles. The smallest absolute Gasteiger partial charge is 0.255 e. The Kier molecular flexibility index (Phi) is 5.27. The molecule has 2 aromatic rings. The zero-order valence-corrected chi connectivity index (χ0v) is 15.3. The van der Waals surface area contributed by atoms with Crippen LogP contribution >= 0.6 is 0 Å². The Hall–Kier alpha value is -2.67. The molecule has 0 aliphatic carbocycles. The van der Waals surface area contributed by atoms with Crippen LogP contribution in [0.4, 0.5) is 11.4 Å². The summed E-state index contributed by atoms with van der Waals surface area (Å²) in [6.07, 6.45) is 1.12. The molecule has 0 fully saturated rings. The average molecular weight is 360 g/mol. The average Bonchev–Trinajstić information content (AvgIpc) is 2.53. The Labute approximate surface area is 147 Å². The molecule has 0 bridgehead atoms. The summed E-state index contributed by atoms with van der Waals surface area (Å²) in [5, 5.41) is 2.74. The van der Waals surface area contributed by atoms with Gasteiger partial charge in [0.2, 0.25) is 10.0 Å². The zero-order valence-electron chi connectivity index (χ0n) is 14.5. The fourth-order valence-corrected chi connectivity index (χ4v) is 2.91. The number of carbonyl (C=O) groups is 2. The van der Waals surface area contributed by atoms with Crippen LogP contribution in [0.2, 0.25) is 0 Å². The maximum Gasteiger partial charge on any atom is 0.255 e. The van der Waals surface area contributed by atoms with Crippen LogP contribution in [-0.2, 0) is 10.0 Å². The highest BCUT2D eigenvalue weighted by Gasteiger charge is 2.16. The molecule has 0 heterocycles. The molecule has 7 heteroatoms. The SMILES string of the molecule is CC(=O)c1cccc(NC(=O)c2ccc(N(C)S(C)(=O)=O)c(C)c2)c1. The van der Waals surface area contributed by atoms with Crippen molar-refractivity contribution in [3.8, 4) is 0 Å². The second-order valence-electron chi connectivity index (χ2n) is 5.82. The van der Waals surface area contributed by atoms with Crippen LogP contribution in [0.1, 0.15) is 33.2 Å². The number of aryl methyl sites for hydroxylation is 1. The van der Waals surface area contributed by atoms with Crippen molar-refractivity contribution >= 4 is 33.1 Å². The number of anilines is 2. The minimum absolute atomic E-state index is 0.0832. The number of hydrogen-bond acceptors (Lipinski definition) is 4. The maximum absolute atomic E-state index is 12.4. The molecule has 0 spiro atoms. The molecule has 6 nitrogen and oxygen atoms in total. The van der Waals surface area contributed by atoms with Gasteiger partial charge in [0.05, 0.1) is 11.9 Å². The first-order valence-corrected chi connectivity index (χ1v) is 9.41. The van der Waals surface area contributed by atoms with Crippen molar-refractivity contribution in [2.24, 2.45) is 0 Å². The molecule has 0 aromatic heterocycles. The molecule has 2 rings (SSSR count). The summed E-state index contributed by atoms with van der Waals surface area (Å²) < 4.78 is 24.5. The number of amides is 1. The van der Waals surface area contributed by atoms with Gasteiger partial charge in [0.1, 0.15) is 0 Å². The lowest BCUT2D eigenvalue weighted by atomic mass is 10.1. The van der Waals surface area contributed by atoms with Crippen molar-refractivity contribution in [1.29, 1.82) is 0 Å². The third-order valence-electron chi connectivity index (χ3n) is 3.82. The van der Waals surface area contributed by atoms with E-state index in [-0.39, 0.29) is 11.7 Å². The summed E-state index contributed by atoms with van der Waals surface area (Å²) in [5.41, 5.74) is 2.61. The van der Waals surface area contributed by atoms with E-state index < -0.39 is 10.0 Å². The molecule has 132 valence electrons. The summed E-state index contributed by atoms with van der Waals surface area (Å²) in [4.78, 5) is 23.8. The van der Waals surface area contributed by atoms with Crippen molar-refractivity contribution in [1.82, 2.24) is 0 Å². The molecule has 0 unspecified atom stereocenters. The minimum atomic E-state index is -3.37. The van der Waals surface area contributed by atoms with Crippen LogP contribution in [-0.4, -0.2) is 33.4 Å². The Morgan fingerprint density at radius 1 is 1.04 bits per heavy atom. The molecule has 1 amide bonds. The number of benzene rings is 2. The standard InChI is InChI=1S/C18H20N2O4S/c1-12-10-15(8-9-17(12)20(3)25(4,23)24)18(22)19-16-7-5-6-14(11-16)13(2)21/h5-11H,1-4H3,(H,19,22). The predicted octanol–water partition coefficient (Wildman–Crippen LogP) is 2.85. The second-order valence-corrected chi connectivity index (χ2v) is 7.84. The van der Waals surface area contributed by atoms with Gasteiger partial charge in [-0.1, -0.05) is 12.1 Å². The highest BCUT2D eigenvalue weighted by Crippen LogP contribution is 2.23. The lowest BCUT2D eigenvalue weighted by molar-refractivity contribution is 0.101. The summed E-state index contributed by atoms with van der Waals surface area (Å²) in [6, 6.07) is 11.5. The Balaban J connectivity index is 2.25. The van der Waals surface area contributed by atoms with Gasteiger partial charge in [0.25, 0.3) is 5.91 Å². The molecular formula is C18H20N2O4S. The lowest BCUT2D eigenvalue weighted by Crippen LogP contribution is -2.25. The first kappa shape index (κ1) is 18.7. The first-order chi connectivity index (χ1) is 11.6. The van der Waals surface area contributed by atoms with E-state index in [0.717, 1.165) is 6.26 Å². The number of ketones is 1. The van der Waals surface area contributed by atoms with Gasteiger partial charge in [0, 0.05) is 23.9 Å². The molecule has 0 saturated heterocycles. The van der Waals surface area contributed by atoms with Gasteiger partial charge in [0.15, 0.2) is 5.78 Å². The van der Waals surface area contributed by atoms with Crippen molar-refractivity contribution in [3.05, 3.63) is 59.2 Å². The van der Waals surface area contributed by atoms with Crippen LogP contribution in [0.25, 0.3) is 0 Å². The van der Waals surface area contributed by atoms with Crippen LogP contribution in [0.15, 0.2) is 42.5 Å².